The van der Waals surface area contributed by atoms with Crippen molar-refractivity contribution in [2.45, 2.75) is 17.5 Å². The summed E-state index contributed by atoms with van der Waals surface area (Å²) in [5.74, 6) is -0.859. The molecule has 2 aliphatic rings. The second kappa shape index (κ2) is 14.2. The van der Waals surface area contributed by atoms with Gasteiger partial charge in [-0.1, -0.05) is 17.7 Å². The number of pyridine rings is 1. The number of aliphatic carboxylic acids is 1. The highest BCUT2D eigenvalue weighted by atomic mass is 35.5. The quantitative estimate of drug-likeness (QED) is 0.221. The lowest BCUT2D eigenvalue weighted by molar-refractivity contribution is -0.192. The molecule has 1 unspecified atom stereocenters. The molecule has 47 heavy (non-hydrogen) atoms. The highest BCUT2D eigenvalue weighted by Gasteiger charge is 2.38. The number of benzene rings is 2. The molecule has 2 aromatic carbocycles. The summed E-state index contributed by atoms with van der Waals surface area (Å²) in [6.45, 7) is 3.04. The van der Waals surface area contributed by atoms with Crippen LogP contribution >= 0.6 is 11.6 Å². The molecule has 6 rings (SSSR count). The third-order valence-electron chi connectivity index (χ3n) is 7.11. The Labute approximate surface area is 274 Å². The fraction of sp³-hybridized carbons (Fsp3) is 0.233. The topological polar surface area (TPSA) is 167 Å². The maximum absolute atomic E-state index is 12.7. The number of carbonyl (C=O) groups is 2. The summed E-state index contributed by atoms with van der Waals surface area (Å²) in [5, 5.41) is 13.9. The van der Waals surface area contributed by atoms with Crippen molar-refractivity contribution in [2.75, 3.05) is 58.1 Å². The lowest BCUT2D eigenvalue weighted by atomic mass is 10.2. The van der Waals surface area contributed by atoms with Crippen LogP contribution in [0.2, 0.25) is 5.02 Å². The number of carboxylic acids is 1. The minimum atomic E-state index is -5.08. The number of nitrogens with two attached hydrogens (primary N) is 1. The number of rotatable bonds is 6. The van der Waals surface area contributed by atoms with E-state index in [1.165, 1.54) is 6.20 Å². The molecule has 4 aromatic rings. The number of nitrogen functional groups attached to an aromatic ring is 1. The van der Waals surface area contributed by atoms with Crippen molar-refractivity contribution >= 4 is 68.9 Å². The molecule has 2 aromatic heterocycles. The number of nitrogens with zero attached hydrogens (tertiary/aromatic N) is 5. The van der Waals surface area contributed by atoms with E-state index in [0.29, 0.717) is 50.9 Å². The SMILES string of the molecule is Nc1ccc(C(=O)Nc2ccc(N3CCN(c4nc5c(c(Nc6cccc(Cl)c6)n4)S(=O)CC5)CC3)cc2)cn1.O=C(O)C(F)(F)F. The number of amides is 1. The maximum atomic E-state index is 12.7. The van der Waals surface area contributed by atoms with Gasteiger partial charge in [0.1, 0.15) is 10.7 Å². The normalized spacial score (nSPS) is 15.7. The number of aromatic nitrogens is 3. The minimum absolute atomic E-state index is 0.240. The fourth-order valence-corrected chi connectivity index (χ4v) is 6.27. The first-order valence-corrected chi connectivity index (χ1v) is 15.8. The predicted octanol–water partition coefficient (Wildman–Crippen LogP) is 4.73. The summed E-state index contributed by atoms with van der Waals surface area (Å²) in [5.41, 5.74) is 9.44. The molecule has 2 aliphatic heterocycles. The van der Waals surface area contributed by atoms with Crippen LogP contribution in [-0.4, -0.2) is 74.3 Å². The summed E-state index contributed by atoms with van der Waals surface area (Å²) in [4.78, 5) is 40.1. The van der Waals surface area contributed by atoms with Crippen molar-refractivity contribution in [1.82, 2.24) is 15.0 Å². The van der Waals surface area contributed by atoms with Gasteiger partial charge in [-0.15, -0.1) is 0 Å². The van der Waals surface area contributed by atoms with Gasteiger partial charge in [-0.3, -0.25) is 9.00 Å². The zero-order valence-electron chi connectivity index (χ0n) is 24.5. The highest BCUT2D eigenvalue weighted by molar-refractivity contribution is 7.85. The van der Waals surface area contributed by atoms with Crippen molar-refractivity contribution in [1.29, 1.82) is 0 Å². The smallest absolute Gasteiger partial charge is 0.475 e. The van der Waals surface area contributed by atoms with Gasteiger partial charge in [-0.25, -0.2) is 14.8 Å². The van der Waals surface area contributed by atoms with Gasteiger partial charge in [-0.05, 0) is 54.6 Å². The Kier molecular flexibility index (Phi) is 10.1. The number of nitrogens with one attached hydrogen (secondary N) is 2. The molecule has 1 amide bonds. The number of halogens is 4. The van der Waals surface area contributed by atoms with Crippen molar-refractivity contribution < 1.29 is 32.1 Å². The zero-order chi connectivity index (χ0) is 33.7. The molecule has 0 radical (unpaired) electrons. The predicted molar refractivity (Wildman–Crippen MR) is 173 cm³/mol. The van der Waals surface area contributed by atoms with Crippen LogP contribution in [-0.2, 0) is 22.0 Å². The van der Waals surface area contributed by atoms with Crippen LogP contribution in [0.25, 0.3) is 0 Å². The molecule has 17 heteroatoms. The highest BCUT2D eigenvalue weighted by Crippen LogP contribution is 2.33. The number of aryl methyl sites for hydroxylation is 1. The first-order valence-electron chi connectivity index (χ1n) is 14.1. The second-order valence-electron chi connectivity index (χ2n) is 10.3. The van der Waals surface area contributed by atoms with Crippen LogP contribution in [0.3, 0.4) is 0 Å². The van der Waals surface area contributed by atoms with E-state index in [0.717, 1.165) is 43.2 Å². The number of hydrogen-bond acceptors (Lipinski definition) is 10. The molecule has 246 valence electrons. The molecule has 1 saturated heterocycles. The molecule has 0 saturated carbocycles. The first-order chi connectivity index (χ1) is 22.4. The van der Waals surface area contributed by atoms with E-state index >= 15 is 0 Å². The number of hydrogen-bond donors (Lipinski definition) is 4. The number of anilines is 6. The number of carbonyl (C=O) groups excluding carboxylic acids is 1. The van der Waals surface area contributed by atoms with Gasteiger partial charge >= 0.3 is 12.1 Å². The van der Waals surface area contributed by atoms with E-state index in [9.17, 15) is 22.2 Å². The molecular formula is C30H28ClF3N8O4S. The van der Waals surface area contributed by atoms with Crippen molar-refractivity contribution in [3.63, 3.8) is 0 Å². The Hall–Kier alpha value is -4.96. The number of alkyl halides is 3. The van der Waals surface area contributed by atoms with E-state index in [1.54, 1.807) is 12.1 Å². The van der Waals surface area contributed by atoms with Crippen molar-refractivity contribution in [3.05, 3.63) is 83.1 Å². The summed E-state index contributed by atoms with van der Waals surface area (Å²) in [6.07, 6.45) is -2.96. The van der Waals surface area contributed by atoms with Crippen LogP contribution in [0.4, 0.5) is 47.8 Å². The average molecular weight is 689 g/mol. The Morgan fingerprint density at radius 1 is 0.957 bits per heavy atom. The van der Waals surface area contributed by atoms with Gasteiger partial charge < -0.3 is 31.3 Å². The molecule has 0 aliphatic carbocycles. The molecule has 4 heterocycles. The Morgan fingerprint density at radius 2 is 1.64 bits per heavy atom. The Morgan fingerprint density at radius 3 is 2.26 bits per heavy atom. The van der Waals surface area contributed by atoms with Gasteiger partial charge in [0.15, 0.2) is 5.82 Å². The van der Waals surface area contributed by atoms with Crippen LogP contribution < -0.4 is 26.2 Å². The summed E-state index contributed by atoms with van der Waals surface area (Å²) in [7, 11) is -1.13. The molecule has 1 fully saturated rings. The van der Waals surface area contributed by atoms with Gasteiger partial charge in [0.05, 0.1) is 22.1 Å². The summed E-state index contributed by atoms with van der Waals surface area (Å²) < 4.78 is 44.4. The lowest BCUT2D eigenvalue weighted by Crippen LogP contribution is -2.47. The minimum Gasteiger partial charge on any atom is -0.475 e. The third-order valence-corrected chi connectivity index (χ3v) is 8.80. The zero-order valence-corrected chi connectivity index (χ0v) is 26.1. The average Bonchev–Trinajstić information content (AvgIpc) is 3.42. The second-order valence-corrected chi connectivity index (χ2v) is 12.3. The van der Waals surface area contributed by atoms with Gasteiger partial charge in [-0.2, -0.15) is 18.2 Å². The molecule has 0 spiro atoms. The van der Waals surface area contributed by atoms with Gasteiger partial charge in [0, 0.05) is 66.6 Å². The Bertz CT molecular complexity index is 1790. The molecule has 12 nitrogen and oxygen atoms in total. The fourth-order valence-electron chi connectivity index (χ4n) is 4.78. The van der Waals surface area contributed by atoms with Crippen LogP contribution in [0, 0.1) is 0 Å². The van der Waals surface area contributed by atoms with E-state index in [1.807, 2.05) is 48.5 Å². The lowest BCUT2D eigenvalue weighted by Gasteiger charge is -2.36. The van der Waals surface area contributed by atoms with E-state index in [4.69, 9.17) is 37.2 Å². The largest absolute Gasteiger partial charge is 0.490 e. The molecular weight excluding hydrogens is 661 g/mol. The Balaban J connectivity index is 0.000000559. The number of piperazine rings is 1. The number of fused-ring (bicyclic) bond motifs is 1. The molecule has 5 N–H and O–H groups in total. The standard InChI is InChI=1S/C28H27ClN8O2S.C2HF3O2/c29-19-2-1-3-21(16-19)32-26-25-23(10-15-40(25)39)34-28(35-26)37-13-11-36(12-14-37)22-7-5-20(6-8-22)33-27(38)18-4-9-24(30)31-17-18;3-2(4,5)1(6)7/h1-9,16-17H,10-15H2,(H2,30,31)(H,33,38)(H,32,34,35);(H,6,7). The third kappa shape index (κ3) is 8.45. The van der Waals surface area contributed by atoms with Crippen molar-refractivity contribution in [2.24, 2.45) is 0 Å². The van der Waals surface area contributed by atoms with E-state index < -0.39 is 22.9 Å². The van der Waals surface area contributed by atoms with Crippen LogP contribution in [0.15, 0.2) is 71.8 Å². The summed E-state index contributed by atoms with van der Waals surface area (Å²) in [6, 6.07) is 18.4. The van der Waals surface area contributed by atoms with Gasteiger partial charge in [0.25, 0.3) is 5.91 Å². The molecule has 1 atom stereocenters. The first kappa shape index (κ1) is 33.4. The van der Waals surface area contributed by atoms with E-state index in [-0.39, 0.29) is 5.91 Å². The maximum Gasteiger partial charge on any atom is 0.490 e. The monoisotopic (exact) mass is 688 g/mol. The summed E-state index contributed by atoms with van der Waals surface area (Å²) >= 11 is 6.16. The van der Waals surface area contributed by atoms with Crippen LogP contribution in [0.1, 0.15) is 16.1 Å². The van der Waals surface area contributed by atoms with E-state index in [2.05, 4.69) is 25.4 Å². The van der Waals surface area contributed by atoms with Crippen molar-refractivity contribution in [3.8, 4) is 0 Å². The van der Waals surface area contributed by atoms with Crippen LogP contribution in [0.5, 0.6) is 0 Å². The number of carboxylic acid groups (broad SMARTS) is 1. The van der Waals surface area contributed by atoms with Gasteiger partial charge in [0.2, 0.25) is 5.95 Å². The molecule has 0 bridgehead atoms.